The van der Waals surface area contributed by atoms with E-state index in [4.69, 9.17) is 4.74 Å². The molecule has 1 heterocycles. The third-order valence-electron chi connectivity index (χ3n) is 3.93. The van der Waals surface area contributed by atoms with Crippen molar-refractivity contribution in [2.45, 2.75) is 37.6 Å². The first-order chi connectivity index (χ1) is 9.52. The molecule has 0 radical (unpaired) electrons. The van der Waals surface area contributed by atoms with Crippen molar-refractivity contribution in [3.05, 3.63) is 30.1 Å². The van der Waals surface area contributed by atoms with Gasteiger partial charge in [0.25, 0.3) is 0 Å². The molecule has 5 heteroatoms. The maximum Gasteiger partial charge on any atom is 0.249 e. The van der Waals surface area contributed by atoms with Gasteiger partial charge in [0.15, 0.2) is 0 Å². The SMILES string of the molecule is COCC(C)n1c(C2CC(F)(F)C2)nc2ccccc21. The molecular formula is C15H18F2N2O. The molecule has 108 valence electrons. The Morgan fingerprint density at radius 2 is 2.10 bits per heavy atom. The molecule has 3 nitrogen and oxygen atoms in total. The van der Waals surface area contributed by atoms with Crippen molar-refractivity contribution in [1.29, 1.82) is 0 Å². The zero-order valence-corrected chi connectivity index (χ0v) is 11.6. The Morgan fingerprint density at radius 3 is 2.75 bits per heavy atom. The molecule has 1 saturated carbocycles. The van der Waals surface area contributed by atoms with Gasteiger partial charge in [0, 0.05) is 25.9 Å². The van der Waals surface area contributed by atoms with Gasteiger partial charge >= 0.3 is 0 Å². The van der Waals surface area contributed by atoms with Crippen molar-refractivity contribution in [3.63, 3.8) is 0 Å². The summed E-state index contributed by atoms with van der Waals surface area (Å²) in [5, 5.41) is 0. The van der Waals surface area contributed by atoms with Crippen LogP contribution in [0.3, 0.4) is 0 Å². The number of hydrogen-bond donors (Lipinski definition) is 0. The highest BCUT2D eigenvalue weighted by atomic mass is 19.3. The van der Waals surface area contributed by atoms with Crippen LogP contribution in [0.4, 0.5) is 8.78 Å². The fourth-order valence-corrected chi connectivity index (χ4v) is 2.97. The molecule has 1 atom stereocenters. The molecule has 0 amide bonds. The van der Waals surface area contributed by atoms with Crippen LogP contribution in [0, 0.1) is 0 Å². The van der Waals surface area contributed by atoms with E-state index in [1.165, 1.54) is 0 Å². The number of imidazole rings is 1. The summed E-state index contributed by atoms with van der Waals surface area (Å²) in [6, 6.07) is 7.84. The van der Waals surface area contributed by atoms with Crippen LogP contribution in [0.15, 0.2) is 24.3 Å². The normalized spacial score (nSPS) is 20.0. The van der Waals surface area contributed by atoms with Crippen LogP contribution in [-0.4, -0.2) is 29.2 Å². The van der Waals surface area contributed by atoms with Gasteiger partial charge in [-0.2, -0.15) is 0 Å². The fraction of sp³-hybridized carbons (Fsp3) is 0.533. The number of fused-ring (bicyclic) bond motifs is 1. The highest BCUT2D eigenvalue weighted by molar-refractivity contribution is 5.76. The molecule has 0 N–H and O–H groups in total. The second-order valence-electron chi connectivity index (χ2n) is 5.59. The lowest BCUT2D eigenvalue weighted by molar-refractivity contribution is -0.0893. The number of alkyl halides is 2. The fourth-order valence-electron chi connectivity index (χ4n) is 2.97. The Balaban J connectivity index is 2.04. The zero-order chi connectivity index (χ0) is 14.3. The Hall–Kier alpha value is -1.49. The predicted octanol–water partition coefficient (Wildman–Crippen LogP) is 3.76. The van der Waals surface area contributed by atoms with Crippen molar-refractivity contribution in [3.8, 4) is 0 Å². The van der Waals surface area contributed by atoms with Crippen LogP contribution in [-0.2, 0) is 4.74 Å². The minimum Gasteiger partial charge on any atom is -0.383 e. The number of nitrogens with zero attached hydrogens (tertiary/aromatic N) is 2. The summed E-state index contributed by atoms with van der Waals surface area (Å²) >= 11 is 0. The second-order valence-corrected chi connectivity index (χ2v) is 5.59. The first kappa shape index (κ1) is 13.5. The molecule has 0 saturated heterocycles. The number of benzene rings is 1. The molecule has 1 aliphatic rings. The summed E-state index contributed by atoms with van der Waals surface area (Å²) in [5.41, 5.74) is 1.85. The van der Waals surface area contributed by atoms with E-state index in [-0.39, 0.29) is 24.8 Å². The van der Waals surface area contributed by atoms with Crippen LogP contribution in [0.1, 0.15) is 37.5 Å². The van der Waals surface area contributed by atoms with Gasteiger partial charge in [-0.3, -0.25) is 0 Å². The van der Waals surface area contributed by atoms with Crippen molar-refractivity contribution in [2.75, 3.05) is 13.7 Å². The highest BCUT2D eigenvalue weighted by Gasteiger charge is 2.48. The molecule has 20 heavy (non-hydrogen) atoms. The number of para-hydroxylation sites is 2. The van der Waals surface area contributed by atoms with E-state index in [9.17, 15) is 8.78 Å². The highest BCUT2D eigenvalue weighted by Crippen LogP contribution is 2.48. The first-order valence-electron chi connectivity index (χ1n) is 6.85. The molecule has 1 aromatic carbocycles. The van der Waals surface area contributed by atoms with Crippen LogP contribution in [0.2, 0.25) is 0 Å². The van der Waals surface area contributed by atoms with E-state index < -0.39 is 5.92 Å². The lowest BCUT2D eigenvalue weighted by atomic mass is 9.80. The van der Waals surface area contributed by atoms with Crippen molar-refractivity contribution >= 4 is 11.0 Å². The number of methoxy groups -OCH3 is 1. The van der Waals surface area contributed by atoms with Gasteiger partial charge in [-0.05, 0) is 19.1 Å². The molecule has 2 aromatic rings. The quantitative estimate of drug-likeness (QED) is 0.852. The van der Waals surface area contributed by atoms with Crippen molar-refractivity contribution in [2.24, 2.45) is 0 Å². The number of rotatable bonds is 4. The van der Waals surface area contributed by atoms with Gasteiger partial charge in [-0.15, -0.1) is 0 Å². The van der Waals surface area contributed by atoms with Gasteiger partial charge in [0.05, 0.1) is 23.7 Å². The average molecular weight is 280 g/mol. The summed E-state index contributed by atoms with van der Waals surface area (Å²) < 4.78 is 33.6. The van der Waals surface area contributed by atoms with Crippen LogP contribution < -0.4 is 0 Å². The van der Waals surface area contributed by atoms with Gasteiger partial charge in [-0.1, -0.05) is 12.1 Å². The van der Waals surface area contributed by atoms with Crippen LogP contribution in [0.5, 0.6) is 0 Å². The average Bonchev–Trinajstić information content (AvgIpc) is 2.75. The number of hydrogen-bond acceptors (Lipinski definition) is 2. The molecule has 1 aromatic heterocycles. The van der Waals surface area contributed by atoms with Crippen LogP contribution in [0.25, 0.3) is 11.0 Å². The molecular weight excluding hydrogens is 262 g/mol. The predicted molar refractivity (Wildman–Crippen MR) is 73.2 cm³/mol. The minimum absolute atomic E-state index is 0.0802. The largest absolute Gasteiger partial charge is 0.383 e. The lowest BCUT2D eigenvalue weighted by Crippen LogP contribution is -2.35. The topological polar surface area (TPSA) is 27.1 Å². The Morgan fingerprint density at radius 1 is 1.40 bits per heavy atom. The van der Waals surface area contributed by atoms with E-state index in [2.05, 4.69) is 9.55 Å². The number of halogens is 2. The van der Waals surface area contributed by atoms with Crippen molar-refractivity contribution in [1.82, 2.24) is 9.55 Å². The van der Waals surface area contributed by atoms with Gasteiger partial charge in [-0.25, -0.2) is 13.8 Å². The Labute approximate surface area is 116 Å². The molecule has 0 aliphatic heterocycles. The minimum atomic E-state index is -2.53. The number of aromatic nitrogens is 2. The zero-order valence-electron chi connectivity index (χ0n) is 11.6. The summed E-state index contributed by atoms with van der Waals surface area (Å²) in [7, 11) is 1.65. The van der Waals surface area contributed by atoms with E-state index in [1.54, 1.807) is 7.11 Å². The standard InChI is InChI=1S/C15H18F2N2O/c1-10(9-20-2)19-13-6-4-3-5-12(13)18-14(19)11-7-15(16,17)8-11/h3-6,10-11H,7-9H2,1-2H3. The summed E-state index contributed by atoms with van der Waals surface area (Å²) in [6.45, 7) is 2.56. The second kappa shape index (κ2) is 4.81. The summed E-state index contributed by atoms with van der Waals surface area (Å²) in [5.74, 6) is -1.92. The molecule has 0 spiro atoms. The van der Waals surface area contributed by atoms with Gasteiger partial charge < -0.3 is 9.30 Å². The van der Waals surface area contributed by atoms with Gasteiger partial charge in [0.1, 0.15) is 5.82 Å². The molecule has 1 aliphatic carbocycles. The summed E-state index contributed by atoms with van der Waals surface area (Å²) in [4.78, 5) is 4.58. The molecule has 3 rings (SSSR count). The number of ether oxygens (including phenoxy) is 1. The monoisotopic (exact) mass is 280 g/mol. The molecule has 1 unspecified atom stereocenters. The molecule has 1 fully saturated rings. The van der Waals surface area contributed by atoms with Gasteiger partial charge in [0.2, 0.25) is 5.92 Å². The summed E-state index contributed by atoms with van der Waals surface area (Å²) in [6.07, 6.45) is -0.202. The lowest BCUT2D eigenvalue weighted by Gasteiger charge is -2.35. The van der Waals surface area contributed by atoms with E-state index in [0.717, 1.165) is 16.9 Å². The molecule has 0 bridgehead atoms. The van der Waals surface area contributed by atoms with Crippen LogP contribution >= 0.6 is 0 Å². The van der Waals surface area contributed by atoms with E-state index >= 15 is 0 Å². The van der Waals surface area contributed by atoms with E-state index in [1.807, 2.05) is 31.2 Å². The third kappa shape index (κ3) is 2.20. The Kier molecular flexibility index (Phi) is 3.24. The Bertz CT molecular complexity index is 615. The van der Waals surface area contributed by atoms with Crippen molar-refractivity contribution < 1.29 is 13.5 Å². The third-order valence-corrected chi connectivity index (χ3v) is 3.93. The smallest absolute Gasteiger partial charge is 0.249 e. The first-order valence-corrected chi connectivity index (χ1v) is 6.85. The maximum atomic E-state index is 13.1. The maximum absolute atomic E-state index is 13.1. The van der Waals surface area contributed by atoms with E-state index in [0.29, 0.717) is 6.61 Å².